The molecule has 1 atom stereocenters. The molecule has 2 fully saturated rings. The van der Waals surface area contributed by atoms with Gasteiger partial charge in [-0.15, -0.1) is 0 Å². The number of rotatable bonds is 5. The summed E-state index contributed by atoms with van der Waals surface area (Å²) in [7, 11) is -3.20. The number of sulfonamides is 1. The number of carbonyl (C=O) groups excluding carboxylic acids is 1. The van der Waals surface area contributed by atoms with Crippen molar-refractivity contribution in [3.63, 3.8) is 0 Å². The number of nitrogens with two attached hydrogens (primary N) is 1. The van der Waals surface area contributed by atoms with E-state index >= 15 is 0 Å². The maximum absolute atomic E-state index is 12.2. The molecule has 1 heterocycles. The lowest BCUT2D eigenvalue weighted by molar-refractivity contribution is -0.120. The van der Waals surface area contributed by atoms with E-state index in [0.29, 0.717) is 13.1 Å². The van der Waals surface area contributed by atoms with Crippen LogP contribution in [0.25, 0.3) is 0 Å². The quantitative estimate of drug-likeness (QED) is 0.831. The molecule has 0 spiro atoms. The van der Waals surface area contributed by atoms with Crippen molar-refractivity contribution in [1.82, 2.24) is 4.72 Å². The Morgan fingerprint density at radius 1 is 1.25 bits per heavy atom. The predicted octanol–water partition coefficient (Wildman–Crippen LogP) is 1.11. The van der Waals surface area contributed by atoms with Crippen LogP contribution in [-0.4, -0.2) is 39.7 Å². The average Bonchev–Trinajstić information content (AvgIpc) is 2.49. The van der Waals surface area contributed by atoms with Crippen LogP contribution in [0.1, 0.15) is 37.7 Å². The van der Waals surface area contributed by atoms with Crippen molar-refractivity contribution in [1.29, 1.82) is 0 Å². The number of hydrogen-bond donors (Lipinski definition) is 2. The van der Waals surface area contributed by atoms with E-state index in [0.717, 1.165) is 43.4 Å². The number of nitrogens with one attached hydrogen (secondary N) is 1. The number of hydrogen-bond acceptors (Lipinski definition) is 4. The van der Waals surface area contributed by atoms with Crippen LogP contribution in [0.4, 0.5) is 5.69 Å². The summed E-state index contributed by atoms with van der Waals surface area (Å²) in [6, 6.07) is 7.53. The molecule has 1 aliphatic heterocycles. The average molecular weight is 351 g/mol. The minimum atomic E-state index is -3.20. The summed E-state index contributed by atoms with van der Waals surface area (Å²) in [5.74, 6) is -0.0221. The molecule has 1 aromatic rings. The highest BCUT2D eigenvalue weighted by Crippen LogP contribution is 2.43. The molecule has 1 aromatic carbocycles. The van der Waals surface area contributed by atoms with Crippen LogP contribution in [0.5, 0.6) is 0 Å². The molecule has 0 aromatic heterocycles. The fourth-order valence-corrected chi connectivity index (χ4v) is 4.13. The van der Waals surface area contributed by atoms with Gasteiger partial charge in [-0.25, -0.2) is 13.1 Å². The van der Waals surface area contributed by atoms with Gasteiger partial charge in [-0.3, -0.25) is 4.79 Å². The zero-order valence-corrected chi connectivity index (χ0v) is 14.8. The molecule has 3 N–H and O–H groups in total. The number of carbonyl (C=O) groups is 1. The summed E-state index contributed by atoms with van der Waals surface area (Å²) in [6.07, 6.45) is 5.90. The van der Waals surface area contributed by atoms with Crippen molar-refractivity contribution in [2.45, 2.75) is 43.6 Å². The molecular weight excluding hydrogens is 326 g/mol. The molecule has 0 radical (unpaired) electrons. The molecule has 6 nitrogen and oxygen atoms in total. The van der Waals surface area contributed by atoms with Crippen LogP contribution in [-0.2, 0) is 20.2 Å². The molecule has 1 amide bonds. The summed E-state index contributed by atoms with van der Waals surface area (Å²) < 4.78 is 25.5. The molecule has 3 rings (SSSR count). The lowest BCUT2D eigenvalue weighted by atomic mass is 9.64. The van der Waals surface area contributed by atoms with E-state index in [2.05, 4.69) is 4.72 Å². The SMILES string of the molecule is CS(=O)(=O)NCC1(c2ccc(N3CCC[C@@H](N)C3=O)cc2)CCC1. The van der Waals surface area contributed by atoms with Crippen molar-refractivity contribution >= 4 is 21.6 Å². The third-order valence-electron chi connectivity index (χ3n) is 5.25. The van der Waals surface area contributed by atoms with Gasteiger partial charge >= 0.3 is 0 Å². The van der Waals surface area contributed by atoms with Crippen molar-refractivity contribution in [3.8, 4) is 0 Å². The van der Waals surface area contributed by atoms with Crippen LogP contribution < -0.4 is 15.4 Å². The van der Waals surface area contributed by atoms with Crippen molar-refractivity contribution in [3.05, 3.63) is 29.8 Å². The molecular formula is C17H25N3O3S. The van der Waals surface area contributed by atoms with Gasteiger partial charge in [-0.05, 0) is 43.4 Å². The summed E-state index contributed by atoms with van der Waals surface area (Å²) in [5, 5.41) is 0. The normalized spacial score (nSPS) is 23.8. The lowest BCUT2D eigenvalue weighted by Gasteiger charge is -2.42. The minimum Gasteiger partial charge on any atom is -0.320 e. The molecule has 0 unspecified atom stereocenters. The first-order valence-corrected chi connectivity index (χ1v) is 10.3. The molecule has 0 bridgehead atoms. The van der Waals surface area contributed by atoms with Crippen LogP contribution in [0.2, 0.25) is 0 Å². The van der Waals surface area contributed by atoms with Gasteiger partial charge in [0.2, 0.25) is 15.9 Å². The Hall–Kier alpha value is -1.44. The van der Waals surface area contributed by atoms with Crippen LogP contribution in [0.15, 0.2) is 24.3 Å². The highest BCUT2D eigenvalue weighted by atomic mass is 32.2. The first-order chi connectivity index (χ1) is 11.3. The van der Waals surface area contributed by atoms with Gasteiger partial charge in [0.1, 0.15) is 0 Å². The first kappa shape index (κ1) is 17.4. The van der Waals surface area contributed by atoms with E-state index in [1.54, 1.807) is 4.90 Å². The van der Waals surface area contributed by atoms with E-state index in [1.165, 1.54) is 6.26 Å². The zero-order chi connectivity index (χ0) is 17.4. The van der Waals surface area contributed by atoms with Crippen molar-refractivity contribution in [2.24, 2.45) is 5.73 Å². The molecule has 2 aliphatic rings. The molecule has 132 valence electrons. The summed E-state index contributed by atoms with van der Waals surface area (Å²) in [4.78, 5) is 14.0. The Bertz CT molecular complexity index is 711. The second-order valence-corrected chi connectivity index (χ2v) is 8.85. The van der Waals surface area contributed by atoms with Gasteiger partial charge < -0.3 is 10.6 Å². The Balaban J connectivity index is 1.77. The van der Waals surface area contributed by atoms with Gasteiger partial charge in [0.15, 0.2) is 0 Å². The van der Waals surface area contributed by atoms with Crippen LogP contribution >= 0.6 is 0 Å². The van der Waals surface area contributed by atoms with E-state index in [9.17, 15) is 13.2 Å². The fourth-order valence-electron chi connectivity index (χ4n) is 3.59. The first-order valence-electron chi connectivity index (χ1n) is 8.43. The third kappa shape index (κ3) is 3.48. The molecule has 1 aliphatic carbocycles. The molecule has 7 heteroatoms. The Morgan fingerprint density at radius 3 is 2.46 bits per heavy atom. The summed E-state index contributed by atoms with van der Waals surface area (Å²) >= 11 is 0. The van der Waals surface area contributed by atoms with Gasteiger partial charge in [0.05, 0.1) is 12.3 Å². The van der Waals surface area contributed by atoms with Gasteiger partial charge in [-0.2, -0.15) is 0 Å². The smallest absolute Gasteiger partial charge is 0.243 e. The van der Waals surface area contributed by atoms with Crippen molar-refractivity contribution < 1.29 is 13.2 Å². The van der Waals surface area contributed by atoms with Crippen LogP contribution in [0, 0.1) is 0 Å². The third-order valence-corrected chi connectivity index (χ3v) is 5.92. The number of benzene rings is 1. The maximum Gasteiger partial charge on any atom is 0.243 e. The number of piperidine rings is 1. The summed E-state index contributed by atoms with van der Waals surface area (Å²) in [6.45, 7) is 1.13. The Morgan fingerprint density at radius 2 is 1.92 bits per heavy atom. The largest absolute Gasteiger partial charge is 0.320 e. The van der Waals surface area contributed by atoms with Crippen molar-refractivity contribution in [2.75, 3.05) is 24.2 Å². The molecule has 1 saturated carbocycles. The monoisotopic (exact) mass is 351 g/mol. The van der Waals surface area contributed by atoms with E-state index in [1.807, 2.05) is 24.3 Å². The summed E-state index contributed by atoms with van der Waals surface area (Å²) in [5.41, 5.74) is 7.73. The zero-order valence-electron chi connectivity index (χ0n) is 14.0. The van der Waals surface area contributed by atoms with Gasteiger partial charge in [-0.1, -0.05) is 18.6 Å². The van der Waals surface area contributed by atoms with Gasteiger partial charge in [0.25, 0.3) is 0 Å². The lowest BCUT2D eigenvalue weighted by Crippen LogP contribution is -2.48. The van der Waals surface area contributed by atoms with Gasteiger partial charge in [0, 0.05) is 24.2 Å². The standard InChI is InChI=1S/C17H25N3O3S/c1-24(22,23)19-12-17(9-3-10-17)13-5-7-14(8-6-13)20-11-2-4-15(18)16(20)21/h5-8,15,19H,2-4,9-12,18H2,1H3/t15-/m1/s1. The molecule has 24 heavy (non-hydrogen) atoms. The molecule has 1 saturated heterocycles. The Labute approximate surface area is 143 Å². The Kier molecular flexibility index (Phi) is 4.68. The second kappa shape index (κ2) is 6.46. The number of amides is 1. The maximum atomic E-state index is 12.2. The van der Waals surface area contributed by atoms with Crippen LogP contribution in [0.3, 0.4) is 0 Å². The topological polar surface area (TPSA) is 92.5 Å². The second-order valence-electron chi connectivity index (χ2n) is 7.01. The highest BCUT2D eigenvalue weighted by Gasteiger charge is 2.39. The van der Waals surface area contributed by atoms with E-state index in [-0.39, 0.29) is 11.3 Å². The van der Waals surface area contributed by atoms with E-state index in [4.69, 9.17) is 5.73 Å². The van der Waals surface area contributed by atoms with E-state index < -0.39 is 16.1 Å². The minimum absolute atomic E-state index is 0.0221. The number of nitrogens with zero attached hydrogens (tertiary/aromatic N) is 1. The highest BCUT2D eigenvalue weighted by molar-refractivity contribution is 7.88. The predicted molar refractivity (Wildman–Crippen MR) is 94.4 cm³/mol. The number of anilines is 1. The fraction of sp³-hybridized carbons (Fsp3) is 0.588.